The average Bonchev–Trinajstić information content (AvgIpc) is 2.03. The molecule has 0 bridgehead atoms. The molecule has 0 heterocycles. The Kier molecular flexibility index (Phi) is 2.57. The third-order valence-electron chi connectivity index (χ3n) is 1.62. The Hall–Kier alpha value is -1.49. The highest BCUT2D eigenvalue weighted by Gasteiger charge is 2.14. The van der Waals surface area contributed by atoms with Gasteiger partial charge in [0.05, 0.1) is 10.5 Å². The Morgan fingerprint density at radius 1 is 1.62 bits per heavy atom. The van der Waals surface area contributed by atoms with Crippen LogP contribution in [-0.4, -0.2) is 9.91 Å². The monoisotopic (exact) mass is 196 g/mol. The van der Waals surface area contributed by atoms with Crippen LogP contribution in [0.15, 0.2) is 18.2 Å². The van der Waals surface area contributed by atoms with Crippen LogP contribution in [0.3, 0.4) is 0 Å². The maximum atomic E-state index is 10.6. The van der Waals surface area contributed by atoms with Gasteiger partial charge in [-0.15, -0.1) is 0 Å². The van der Waals surface area contributed by atoms with Crippen molar-refractivity contribution in [3.63, 3.8) is 0 Å². The Morgan fingerprint density at radius 2 is 2.23 bits per heavy atom. The molecule has 2 N–H and O–H groups in total. The van der Waals surface area contributed by atoms with Gasteiger partial charge in [-0.3, -0.25) is 10.1 Å². The number of hydrogen-bond acceptors (Lipinski definition) is 3. The van der Waals surface area contributed by atoms with Gasteiger partial charge in [0.1, 0.15) is 4.99 Å². The fourth-order valence-electron chi connectivity index (χ4n) is 1.00. The first-order valence-corrected chi connectivity index (χ1v) is 3.98. The number of hydrogen-bond donors (Lipinski definition) is 1. The molecular weight excluding hydrogens is 188 g/mol. The molecule has 13 heavy (non-hydrogen) atoms. The van der Waals surface area contributed by atoms with Gasteiger partial charge in [0, 0.05) is 6.07 Å². The van der Waals surface area contributed by atoms with Gasteiger partial charge in [0.25, 0.3) is 5.69 Å². The van der Waals surface area contributed by atoms with E-state index in [2.05, 4.69) is 12.2 Å². The molecule has 0 saturated heterocycles. The molecule has 0 spiro atoms. The maximum Gasteiger partial charge on any atom is 0.279 e. The second-order valence-corrected chi connectivity index (χ2v) is 3.08. The summed E-state index contributed by atoms with van der Waals surface area (Å²) in [6, 6.07) is 4.76. The zero-order valence-electron chi connectivity index (χ0n) is 6.98. The summed E-state index contributed by atoms with van der Waals surface area (Å²) < 4.78 is 0. The Labute approximate surface area is 80.5 Å². The van der Waals surface area contributed by atoms with Crippen LogP contribution in [0, 0.1) is 17.0 Å². The molecule has 0 aliphatic heterocycles. The van der Waals surface area contributed by atoms with Crippen LogP contribution >= 0.6 is 12.2 Å². The highest BCUT2D eigenvalue weighted by Crippen LogP contribution is 2.19. The van der Waals surface area contributed by atoms with Crippen molar-refractivity contribution in [3.05, 3.63) is 39.4 Å². The minimum Gasteiger partial charge on any atom is -0.389 e. The van der Waals surface area contributed by atoms with E-state index in [4.69, 9.17) is 5.73 Å². The molecule has 1 aromatic carbocycles. The number of aryl methyl sites for hydroxylation is 1. The number of rotatable bonds is 2. The number of nitrogens with zero attached hydrogens (tertiary/aromatic N) is 1. The fourth-order valence-corrected chi connectivity index (χ4v) is 1.17. The average molecular weight is 196 g/mol. The van der Waals surface area contributed by atoms with E-state index in [0.29, 0.717) is 5.56 Å². The molecular formula is C8H8N2O2S. The van der Waals surface area contributed by atoms with E-state index in [9.17, 15) is 10.1 Å². The molecule has 5 heteroatoms. The van der Waals surface area contributed by atoms with Gasteiger partial charge >= 0.3 is 0 Å². The van der Waals surface area contributed by atoms with E-state index in [1.165, 1.54) is 6.07 Å². The molecule has 0 radical (unpaired) electrons. The van der Waals surface area contributed by atoms with E-state index < -0.39 is 4.92 Å². The third kappa shape index (κ3) is 2.00. The van der Waals surface area contributed by atoms with Crippen LogP contribution < -0.4 is 5.73 Å². The van der Waals surface area contributed by atoms with Gasteiger partial charge in [-0.2, -0.15) is 0 Å². The van der Waals surface area contributed by atoms with Crippen molar-refractivity contribution in [2.75, 3.05) is 0 Å². The van der Waals surface area contributed by atoms with E-state index >= 15 is 0 Å². The van der Waals surface area contributed by atoms with Crippen molar-refractivity contribution in [3.8, 4) is 0 Å². The second kappa shape index (κ2) is 3.49. The molecule has 4 nitrogen and oxygen atoms in total. The second-order valence-electron chi connectivity index (χ2n) is 2.64. The van der Waals surface area contributed by atoms with Crippen LogP contribution in [0.5, 0.6) is 0 Å². The zero-order valence-corrected chi connectivity index (χ0v) is 7.80. The van der Waals surface area contributed by atoms with E-state index in [0.717, 1.165) is 5.56 Å². The molecule has 0 fully saturated rings. The molecule has 0 amide bonds. The molecule has 68 valence electrons. The highest BCUT2D eigenvalue weighted by atomic mass is 32.1. The zero-order chi connectivity index (χ0) is 10.0. The van der Waals surface area contributed by atoms with Crippen LogP contribution in [0.1, 0.15) is 11.1 Å². The standard InChI is InChI=1S/C8H8N2O2S/c1-5-2-3-6(8(9)13)7(4-5)10(11)12/h2-4H,1H3,(H2,9,13). The summed E-state index contributed by atoms with van der Waals surface area (Å²) in [7, 11) is 0. The highest BCUT2D eigenvalue weighted by molar-refractivity contribution is 7.80. The number of nitrogens with two attached hydrogens (primary N) is 1. The summed E-state index contributed by atoms with van der Waals surface area (Å²) in [5, 5.41) is 10.6. The lowest BCUT2D eigenvalue weighted by Gasteiger charge is -2.00. The predicted octanol–water partition coefficient (Wildman–Crippen LogP) is 1.54. The van der Waals surface area contributed by atoms with Gasteiger partial charge < -0.3 is 5.73 Å². The molecule has 0 aromatic heterocycles. The predicted molar refractivity (Wildman–Crippen MR) is 53.7 cm³/mol. The van der Waals surface area contributed by atoms with Crippen molar-refractivity contribution in [1.29, 1.82) is 0 Å². The number of nitro benzene ring substituents is 1. The Balaban J connectivity index is 3.35. The molecule has 0 aliphatic rings. The topological polar surface area (TPSA) is 69.2 Å². The van der Waals surface area contributed by atoms with E-state index in [-0.39, 0.29) is 10.7 Å². The van der Waals surface area contributed by atoms with Crippen molar-refractivity contribution < 1.29 is 4.92 Å². The van der Waals surface area contributed by atoms with Gasteiger partial charge in [-0.1, -0.05) is 18.3 Å². The third-order valence-corrected chi connectivity index (χ3v) is 1.84. The lowest BCUT2D eigenvalue weighted by atomic mass is 10.1. The van der Waals surface area contributed by atoms with Gasteiger partial charge in [0.2, 0.25) is 0 Å². The first-order valence-electron chi connectivity index (χ1n) is 3.57. The van der Waals surface area contributed by atoms with Crippen LogP contribution in [0.25, 0.3) is 0 Å². The molecule has 1 aromatic rings. The van der Waals surface area contributed by atoms with Crippen LogP contribution in [0.4, 0.5) is 5.69 Å². The first-order chi connectivity index (χ1) is 6.02. The van der Waals surface area contributed by atoms with Crippen molar-refractivity contribution >= 4 is 22.9 Å². The van der Waals surface area contributed by atoms with Crippen molar-refractivity contribution in [2.24, 2.45) is 5.73 Å². The molecule has 0 atom stereocenters. The number of nitro groups is 1. The molecule has 1 rings (SSSR count). The van der Waals surface area contributed by atoms with E-state index in [1.807, 2.05) is 0 Å². The summed E-state index contributed by atoms with van der Waals surface area (Å²) in [5.74, 6) is 0. The molecule has 0 aliphatic carbocycles. The minimum absolute atomic E-state index is 0.0347. The van der Waals surface area contributed by atoms with Crippen LogP contribution in [-0.2, 0) is 0 Å². The fraction of sp³-hybridized carbons (Fsp3) is 0.125. The van der Waals surface area contributed by atoms with Crippen molar-refractivity contribution in [1.82, 2.24) is 0 Å². The van der Waals surface area contributed by atoms with Gasteiger partial charge in [-0.05, 0) is 18.6 Å². The summed E-state index contributed by atoms with van der Waals surface area (Å²) in [6.45, 7) is 1.77. The summed E-state index contributed by atoms with van der Waals surface area (Å²) in [5.41, 5.74) is 6.42. The minimum atomic E-state index is -0.485. The lowest BCUT2D eigenvalue weighted by molar-refractivity contribution is -0.385. The van der Waals surface area contributed by atoms with Crippen molar-refractivity contribution in [2.45, 2.75) is 6.92 Å². The summed E-state index contributed by atoms with van der Waals surface area (Å²) in [6.07, 6.45) is 0. The summed E-state index contributed by atoms with van der Waals surface area (Å²) >= 11 is 4.69. The summed E-state index contributed by atoms with van der Waals surface area (Å²) in [4.78, 5) is 10.1. The van der Waals surface area contributed by atoms with Crippen LogP contribution in [0.2, 0.25) is 0 Å². The Bertz CT molecular complexity index is 376. The Morgan fingerprint density at radius 3 is 2.69 bits per heavy atom. The first kappa shape index (κ1) is 9.60. The largest absolute Gasteiger partial charge is 0.389 e. The van der Waals surface area contributed by atoms with Gasteiger partial charge in [0.15, 0.2) is 0 Å². The number of benzene rings is 1. The maximum absolute atomic E-state index is 10.6. The molecule has 0 saturated carbocycles. The smallest absolute Gasteiger partial charge is 0.279 e. The number of thiocarbonyl (C=S) groups is 1. The van der Waals surface area contributed by atoms with E-state index in [1.54, 1.807) is 19.1 Å². The quantitative estimate of drug-likeness (QED) is 0.442. The normalized spacial score (nSPS) is 9.62. The molecule has 0 unspecified atom stereocenters. The SMILES string of the molecule is Cc1ccc(C(N)=S)c([N+](=O)[O-])c1. The van der Waals surface area contributed by atoms with Gasteiger partial charge in [-0.25, -0.2) is 0 Å². The lowest BCUT2D eigenvalue weighted by Crippen LogP contribution is -2.11.